The van der Waals surface area contributed by atoms with Crippen LogP contribution < -0.4 is 9.80 Å². The van der Waals surface area contributed by atoms with Gasteiger partial charge in [0, 0.05) is 58.1 Å². The molecule has 5 aromatic carbocycles. The summed E-state index contributed by atoms with van der Waals surface area (Å²) in [6.45, 7) is 9.42. The Hall–Kier alpha value is -6.85. The maximum absolute atomic E-state index is 5.10. The van der Waals surface area contributed by atoms with E-state index in [0.717, 1.165) is 45.0 Å². The van der Waals surface area contributed by atoms with Crippen LogP contribution in [0.25, 0.3) is 33.6 Å². The number of nitrogens with zero attached hydrogens (tertiary/aromatic N) is 5. The van der Waals surface area contributed by atoms with Gasteiger partial charge in [-0.05, 0) is 124 Å². The average molecular weight is 724 g/mol. The number of pyridine rings is 3. The van der Waals surface area contributed by atoms with Gasteiger partial charge in [-0.1, -0.05) is 88.4 Å². The van der Waals surface area contributed by atoms with Crippen molar-refractivity contribution in [1.82, 2.24) is 15.0 Å². The molecule has 0 aliphatic carbocycles. The van der Waals surface area contributed by atoms with Crippen molar-refractivity contribution in [3.8, 4) is 33.6 Å². The highest BCUT2D eigenvalue weighted by molar-refractivity contribution is 5.92. The molecule has 3 aromatic heterocycles. The normalized spacial score (nSPS) is 14.6. The Balaban J connectivity index is 1.17. The molecule has 270 valence electrons. The van der Waals surface area contributed by atoms with Gasteiger partial charge in [-0.25, -0.2) is 4.98 Å². The highest BCUT2D eigenvalue weighted by Crippen LogP contribution is 2.56. The van der Waals surface area contributed by atoms with Crippen LogP contribution in [0.1, 0.15) is 49.9 Å². The summed E-state index contributed by atoms with van der Waals surface area (Å²) >= 11 is 0. The first-order valence-corrected chi connectivity index (χ1v) is 19.3. The predicted molar refractivity (Wildman–Crippen MR) is 230 cm³/mol. The molecule has 2 aliphatic heterocycles. The van der Waals surface area contributed by atoms with Crippen LogP contribution >= 0.6 is 0 Å². The molecule has 0 saturated heterocycles. The Bertz CT molecular complexity index is 2650. The molecule has 10 rings (SSSR count). The molecule has 2 aliphatic rings. The predicted octanol–water partition coefficient (Wildman–Crippen LogP) is 13.1. The molecule has 5 heteroatoms. The second kappa shape index (κ2) is 12.9. The third kappa shape index (κ3) is 5.34. The van der Waals surface area contributed by atoms with Crippen molar-refractivity contribution < 1.29 is 0 Å². The molecule has 5 heterocycles. The molecule has 56 heavy (non-hydrogen) atoms. The summed E-state index contributed by atoms with van der Waals surface area (Å²) in [6.07, 6.45) is 7.35. The Morgan fingerprint density at radius 1 is 0.375 bits per heavy atom. The topological polar surface area (TPSA) is 45.2 Å². The molecule has 0 bridgehead atoms. The lowest BCUT2D eigenvalue weighted by Crippen LogP contribution is -2.32. The van der Waals surface area contributed by atoms with Crippen molar-refractivity contribution in [3.63, 3.8) is 0 Å². The minimum atomic E-state index is -0.346. The first kappa shape index (κ1) is 33.7. The zero-order valence-corrected chi connectivity index (χ0v) is 32.0. The number of benzene rings is 5. The summed E-state index contributed by atoms with van der Waals surface area (Å²) in [5.41, 5.74) is 17.7. The van der Waals surface area contributed by atoms with E-state index in [1.165, 1.54) is 45.0 Å². The second-order valence-corrected chi connectivity index (χ2v) is 15.8. The summed E-state index contributed by atoms with van der Waals surface area (Å²) in [6, 6.07) is 54.9. The third-order valence-electron chi connectivity index (χ3n) is 11.8. The van der Waals surface area contributed by atoms with E-state index in [1.54, 1.807) is 12.4 Å². The first-order chi connectivity index (χ1) is 27.3. The summed E-state index contributed by atoms with van der Waals surface area (Å²) in [4.78, 5) is 18.8. The molecule has 0 spiro atoms. The van der Waals surface area contributed by atoms with E-state index in [2.05, 4.69) is 187 Å². The van der Waals surface area contributed by atoms with Crippen LogP contribution in [-0.2, 0) is 10.8 Å². The lowest BCUT2D eigenvalue weighted by atomic mass is 9.72. The number of hydrogen-bond acceptors (Lipinski definition) is 5. The molecule has 0 atom stereocenters. The molecule has 0 N–H and O–H groups in total. The molecule has 5 nitrogen and oxygen atoms in total. The molecule has 8 aromatic rings. The molecule has 0 saturated carbocycles. The third-order valence-corrected chi connectivity index (χ3v) is 11.8. The summed E-state index contributed by atoms with van der Waals surface area (Å²) < 4.78 is 0. The summed E-state index contributed by atoms with van der Waals surface area (Å²) in [5, 5.41) is 0. The zero-order chi connectivity index (χ0) is 38.0. The standard InChI is InChI=1S/C51H41N5/c1-50(2)40-18-8-10-20-46(40)56(47-21-11-9-19-41(47)50)39-23-25-49-43(31-39)51(3,4)42-28-34(22-24-48(42)55(49)38-16-6-5-7-17-38)37-29-44(35-14-12-26-52-32-35)54-45(30-37)36-15-13-27-53-33-36/h5-33H,1-4H3. The maximum Gasteiger partial charge on any atom is 0.0731 e. The van der Waals surface area contributed by atoms with Crippen LogP contribution in [0, 0.1) is 0 Å². The molecular weight excluding hydrogens is 683 g/mol. The van der Waals surface area contributed by atoms with Gasteiger partial charge in [0.15, 0.2) is 0 Å². The van der Waals surface area contributed by atoms with Gasteiger partial charge < -0.3 is 9.80 Å². The SMILES string of the molecule is CC1(C)c2ccccc2N(c2ccc3c(c2)C(C)(C)c2cc(-c4cc(-c5cccnc5)nc(-c5cccnc5)c4)ccc2N3c2ccccc2)c2ccccc21. The molecular formula is C51H41N5. The monoisotopic (exact) mass is 723 g/mol. The van der Waals surface area contributed by atoms with Crippen molar-refractivity contribution in [2.45, 2.75) is 38.5 Å². The lowest BCUT2D eigenvalue weighted by molar-refractivity contribution is 0.628. The minimum Gasteiger partial charge on any atom is -0.310 e. The van der Waals surface area contributed by atoms with Gasteiger partial charge in [0.1, 0.15) is 0 Å². The van der Waals surface area contributed by atoms with E-state index in [4.69, 9.17) is 4.98 Å². The highest BCUT2D eigenvalue weighted by Gasteiger charge is 2.40. The number of anilines is 6. The van der Waals surface area contributed by atoms with E-state index in [1.807, 2.05) is 24.5 Å². The van der Waals surface area contributed by atoms with E-state index < -0.39 is 0 Å². The number of rotatable bonds is 5. The Morgan fingerprint density at radius 3 is 1.46 bits per heavy atom. The van der Waals surface area contributed by atoms with Gasteiger partial charge >= 0.3 is 0 Å². The second-order valence-electron chi connectivity index (χ2n) is 15.8. The minimum absolute atomic E-state index is 0.128. The quantitative estimate of drug-likeness (QED) is 0.177. The fourth-order valence-corrected chi connectivity index (χ4v) is 8.87. The number of aromatic nitrogens is 3. The smallest absolute Gasteiger partial charge is 0.0731 e. The van der Waals surface area contributed by atoms with Gasteiger partial charge in [0.2, 0.25) is 0 Å². The number of fused-ring (bicyclic) bond motifs is 4. The van der Waals surface area contributed by atoms with Crippen LogP contribution in [0.4, 0.5) is 34.1 Å². The van der Waals surface area contributed by atoms with Gasteiger partial charge in [-0.15, -0.1) is 0 Å². The van der Waals surface area contributed by atoms with E-state index in [9.17, 15) is 0 Å². The molecule has 0 amide bonds. The van der Waals surface area contributed by atoms with Crippen LogP contribution in [0.2, 0.25) is 0 Å². The number of hydrogen-bond donors (Lipinski definition) is 0. The van der Waals surface area contributed by atoms with E-state index in [-0.39, 0.29) is 10.8 Å². The van der Waals surface area contributed by atoms with Gasteiger partial charge in [-0.2, -0.15) is 0 Å². The van der Waals surface area contributed by atoms with E-state index >= 15 is 0 Å². The van der Waals surface area contributed by atoms with Crippen LogP contribution in [-0.4, -0.2) is 15.0 Å². The fraction of sp³-hybridized carbons (Fsp3) is 0.118. The fourth-order valence-electron chi connectivity index (χ4n) is 8.87. The van der Waals surface area contributed by atoms with Crippen LogP contribution in [0.3, 0.4) is 0 Å². The Kier molecular flexibility index (Phi) is 7.75. The maximum atomic E-state index is 5.10. The van der Waals surface area contributed by atoms with Crippen LogP contribution in [0.15, 0.2) is 176 Å². The summed E-state index contributed by atoms with van der Waals surface area (Å²) in [5.74, 6) is 0. The van der Waals surface area contributed by atoms with Gasteiger partial charge in [0.25, 0.3) is 0 Å². The summed E-state index contributed by atoms with van der Waals surface area (Å²) in [7, 11) is 0. The Morgan fingerprint density at radius 2 is 0.875 bits per heavy atom. The van der Waals surface area contributed by atoms with E-state index in [0.29, 0.717) is 0 Å². The van der Waals surface area contributed by atoms with Crippen molar-refractivity contribution in [1.29, 1.82) is 0 Å². The van der Waals surface area contributed by atoms with Crippen molar-refractivity contribution in [2.24, 2.45) is 0 Å². The van der Waals surface area contributed by atoms with Crippen molar-refractivity contribution in [2.75, 3.05) is 9.80 Å². The van der Waals surface area contributed by atoms with Crippen LogP contribution in [0.5, 0.6) is 0 Å². The molecule has 0 unspecified atom stereocenters. The van der Waals surface area contributed by atoms with Crippen molar-refractivity contribution >= 4 is 34.1 Å². The zero-order valence-electron chi connectivity index (χ0n) is 32.0. The lowest BCUT2D eigenvalue weighted by Gasteiger charge is -2.44. The molecule has 0 fully saturated rings. The van der Waals surface area contributed by atoms with Gasteiger partial charge in [-0.3, -0.25) is 9.97 Å². The average Bonchev–Trinajstić information content (AvgIpc) is 3.25. The first-order valence-electron chi connectivity index (χ1n) is 19.3. The highest BCUT2D eigenvalue weighted by atomic mass is 15.2. The number of para-hydroxylation sites is 3. The van der Waals surface area contributed by atoms with Gasteiger partial charge in [0.05, 0.1) is 34.1 Å². The molecule has 0 radical (unpaired) electrons. The van der Waals surface area contributed by atoms with Crippen molar-refractivity contribution in [3.05, 3.63) is 199 Å². The largest absolute Gasteiger partial charge is 0.310 e. The Labute approximate surface area is 328 Å².